The van der Waals surface area contributed by atoms with Gasteiger partial charge >= 0.3 is 0 Å². The number of rotatable bonds is 7. The lowest BCUT2D eigenvalue weighted by Crippen LogP contribution is -1.65. The van der Waals surface area contributed by atoms with Gasteiger partial charge in [0.05, 0.1) is 0 Å². The van der Waals surface area contributed by atoms with Crippen LogP contribution in [0.3, 0.4) is 0 Å². The zero-order chi connectivity index (χ0) is 10.5. The topological polar surface area (TPSA) is 0 Å². The molecule has 14 heavy (non-hydrogen) atoms. The molecule has 0 aromatic heterocycles. The van der Waals surface area contributed by atoms with Crippen molar-refractivity contribution in [1.82, 2.24) is 0 Å². The van der Waals surface area contributed by atoms with Gasteiger partial charge in [-0.15, -0.1) is 0 Å². The summed E-state index contributed by atoms with van der Waals surface area (Å²) in [7, 11) is 0. The van der Waals surface area contributed by atoms with E-state index < -0.39 is 0 Å². The van der Waals surface area contributed by atoms with Gasteiger partial charge < -0.3 is 0 Å². The van der Waals surface area contributed by atoms with Gasteiger partial charge in [0.25, 0.3) is 0 Å². The van der Waals surface area contributed by atoms with Crippen LogP contribution in [0.2, 0.25) is 0 Å². The predicted octanol–water partition coefficient (Wildman–Crippen LogP) is 4.63. The Morgan fingerprint density at radius 1 is 0.857 bits per heavy atom. The van der Waals surface area contributed by atoms with Crippen LogP contribution in [0.5, 0.6) is 0 Å². The smallest absolute Gasteiger partial charge is 0.0348 e. The van der Waals surface area contributed by atoms with Crippen LogP contribution in [0.4, 0.5) is 0 Å². The van der Waals surface area contributed by atoms with Crippen molar-refractivity contribution in [3.8, 4) is 0 Å². The Bertz CT molecular complexity index is 204. The van der Waals surface area contributed by atoms with Gasteiger partial charge in [-0.3, -0.25) is 0 Å². The van der Waals surface area contributed by atoms with Gasteiger partial charge in [-0.1, -0.05) is 68.9 Å². The Balaban J connectivity index is 3.47. The molecule has 0 aliphatic rings. The molecule has 1 radical (unpaired) electrons. The van der Waals surface area contributed by atoms with E-state index in [9.17, 15) is 0 Å². The molecule has 0 aromatic rings. The van der Waals surface area contributed by atoms with Gasteiger partial charge in [0.1, 0.15) is 0 Å². The first-order valence-electron chi connectivity index (χ1n) is 5.36. The summed E-state index contributed by atoms with van der Waals surface area (Å²) >= 11 is 0. The van der Waals surface area contributed by atoms with Crippen LogP contribution in [0.1, 0.15) is 32.6 Å². The largest absolute Gasteiger partial charge is 0.0848 e. The summed E-state index contributed by atoms with van der Waals surface area (Å²) in [5.74, 6) is 0. The third-order valence-electron chi connectivity index (χ3n) is 1.68. The number of unbranched alkanes of at least 4 members (excludes halogenated alkanes) is 2. The molecule has 0 nitrogen and oxygen atoms in total. The van der Waals surface area contributed by atoms with Crippen LogP contribution in [0.25, 0.3) is 0 Å². The second kappa shape index (κ2) is 12.0. The molecule has 0 unspecified atom stereocenters. The molecule has 0 aromatic carbocycles. The zero-order valence-corrected chi connectivity index (χ0v) is 9.15. The summed E-state index contributed by atoms with van der Waals surface area (Å²) in [5.41, 5.74) is 0. The van der Waals surface area contributed by atoms with Gasteiger partial charge in [0, 0.05) is 0 Å². The fraction of sp³-hybridized carbons (Fsp3) is 0.357. The Morgan fingerprint density at radius 3 is 2.00 bits per heavy atom. The average molecular weight is 189 g/mol. The van der Waals surface area contributed by atoms with E-state index in [4.69, 9.17) is 0 Å². The maximum Gasteiger partial charge on any atom is -0.0348 e. The quantitative estimate of drug-likeness (QED) is 0.405. The maximum atomic E-state index is 3.79. The fourth-order valence-electron chi connectivity index (χ4n) is 0.908. The fourth-order valence-corrected chi connectivity index (χ4v) is 0.908. The summed E-state index contributed by atoms with van der Waals surface area (Å²) in [6.07, 6.45) is 21.1. The molecule has 0 saturated heterocycles. The Hall–Kier alpha value is -1.04. The molecule has 0 bridgehead atoms. The molecule has 0 heterocycles. The van der Waals surface area contributed by atoms with Crippen LogP contribution >= 0.6 is 0 Å². The molecular formula is C14H21. The van der Waals surface area contributed by atoms with E-state index in [-0.39, 0.29) is 0 Å². The van der Waals surface area contributed by atoms with E-state index in [1.165, 1.54) is 6.42 Å². The monoisotopic (exact) mass is 189 g/mol. The highest BCUT2D eigenvalue weighted by molar-refractivity contribution is 5.15. The molecule has 0 amide bonds. The van der Waals surface area contributed by atoms with E-state index in [0.717, 1.165) is 19.3 Å². The molecule has 0 fully saturated rings. The molecule has 0 spiro atoms. The Labute approximate surface area is 88.7 Å². The van der Waals surface area contributed by atoms with Gasteiger partial charge in [-0.05, 0) is 19.3 Å². The van der Waals surface area contributed by atoms with Crippen LogP contribution in [0.15, 0.2) is 48.6 Å². The lowest BCUT2D eigenvalue weighted by atomic mass is 10.2. The molecule has 0 saturated carbocycles. The van der Waals surface area contributed by atoms with Crippen LogP contribution in [-0.2, 0) is 0 Å². The highest BCUT2D eigenvalue weighted by Crippen LogP contribution is 1.94. The van der Waals surface area contributed by atoms with Crippen molar-refractivity contribution in [3.63, 3.8) is 0 Å². The van der Waals surface area contributed by atoms with E-state index >= 15 is 0 Å². The molecule has 0 aliphatic carbocycles. The lowest BCUT2D eigenvalue weighted by Gasteiger charge is -1.84. The number of hydrogen-bond donors (Lipinski definition) is 0. The molecule has 0 aliphatic heterocycles. The van der Waals surface area contributed by atoms with Crippen LogP contribution in [0, 0.1) is 6.92 Å². The average Bonchev–Trinajstić information content (AvgIpc) is 2.21. The van der Waals surface area contributed by atoms with Crippen molar-refractivity contribution < 1.29 is 0 Å². The van der Waals surface area contributed by atoms with E-state index in [1.54, 1.807) is 0 Å². The lowest BCUT2D eigenvalue weighted by molar-refractivity contribution is 0.866. The molecule has 0 N–H and O–H groups in total. The van der Waals surface area contributed by atoms with Crippen LogP contribution < -0.4 is 0 Å². The first-order valence-corrected chi connectivity index (χ1v) is 5.36. The molecule has 0 atom stereocenters. The van der Waals surface area contributed by atoms with Crippen molar-refractivity contribution in [1.29, 1.82) is 0 Å². The SMILES string of the molecule is [CH2]CCCC=CC=CC=CC=CCC. The summed E-state index contributed by atoms with van der Waals surface area (Å²) in [5, 5.41) is 0. The van der Waals surface area contributed by atoms with Gasteiger partial charge in [0.2, 0.25) is 0 Å². The Morgan fingerprint density at radius 2 is 1.43 bits per heavy atom. The van der Waals surface area contributed by atoms with Crippen molar-refractivity contribution in [2.24, 2.45) is 0 Å². The second-order valence-electron chi connectivity index (χ2n) is 3.03. The third-order valence-corrected chi connectivity index (χ3v) is 1.68. The van der Waals surface area contributed by atoms with Crippen molar-refractivity contribution in [2.75, 3.05) is 0 Å². The first kappa shape index (κ1) is 13.0. The highest BCUT2D eigenvalue weighted by Gasteiger charge is 1.74. The zero-order valence-electron chi connectivity index (χ0n) is 9.15. The summed E-state index contributed by atoms with van der Waals surface area (Å²) in [6, 6.07) is 0. The van der Waals surface area contributed by atoms with Gasteiger partial charge in [-0.25, -0.2) is 0 Å². The predicted molar refractivity (Wildman–Crippen MR) is 66.1 cm³/mol. The number of hydrogen-bond acceptors (Lipinski definition) is 0. The van der Waals surface area contributed by atoms with Crippen LogP contribution in [-0.4, -0.2) is 0 Å². The van der Waals surface area contributed by atoms with Gasteiger partial charge in [0.15, 0.2) is 0 Å². The highest BCUT2D eigenvalue weighted by atomic mass is 13.8. The first-order chi connectivity index (χ1) is 6.91. The van der Waals surface area contributed by atoms with E-state index in [2.05, 4.69) is 44.2 Å². The minimum atomic E-state index is 1.02. The minimum absolute atomic E-state index is 1.02. The summed E-state index contributed by atoms with van der Waals surface area (Å²) < 4.78 is 0. The molecular weight excluding hydrogens is 168 g/mol. The summed E-state index contributed by atoms with van der Waals surface area (Å²) in [4.78, 5) is 0. The van der Waals surface area contributed by atoms with E-state index in [0.29, 0.717) is 0 Å². The molecule has 77 valence electrons. The number of allylic oxidation sites excluding steroid dienone is 8. The standard InChI is InChI=1S/C14H21/c1-3-5-7-9-11-13-14-12-10-8-6-4-2/h6,8-14H,1,3-5,7H2,2H3. The summed E-state index contributed by atoms with van der Waals surface area (Å²) in [6.45, 7) is 5.92. The second-order valence-corrected chi connectivity index (χ2v) is 3.03. The van der Waals surface area contributed by atoms with Gasteiger partial charge in [-0.2, -0.15) is 0 Å². The van der Waals surface area contributed by atoms with Crippen molar-refractivity contribution in [3.05, 3.63) is 55.5 Å². The normalized spacial score (nSPS) is 13.0. The van der Waals surface area contributed by atoms with E-state index in [1.807, 2.05) is 18.2 Å². The third kappa shape index (κ3) is 11.0. The Kier molecular flexibility index (Phi) is 11.1. The van der Waals surface area contributed by atoms with Crippen molar-refractivity contribution >= 4 is 0 Å². The molecule has 0 heteroatoms. The molecule has 0 rings (SSSR count). The maximum absolute atomic E-state index is 3.79. The minimum Gasteiger partial charge on any atom is -0.0848 e. The van der Waals surface area contributed by atoms with Crippen molar-refractivity contribution in [2.45, 2.75) is 32.6 Å².